The minimum atomic E-state index is -0.824. The zero-order chi connectivity index (χ0) is 13.5. The van der Waals surface area contributed by atoms with E-state index in [4.69, 9.17) is 5.73 Å². The smallest absolute Gasteiger partial charge is 0.202 e. The SMILES string of the molecule is CC(C)=NNC(C(N)=N[N+](=O)[O-])c1ccccc1. The van der Waals surface area contributed by atoms with Crippen LogP contribution in [0.25, 0.3) is 0 Å². The van der Waals surface area contributed by atoms with Crippen molar-refractivity contribution in [1.29, 1.82) is 0 Å². The Kier molecular flexibility index (Phi) is 4.79. The number of nitrogens with one attached hydrogen (secondary N) is 1. The molecule has 1 atom stereocenters. The summed E-state index contributed by atoms with van der Waals surface area (Å²) < 4.78 is 0. The molecule has 0 amide bonds. The number of hydrogen-bond acceptors (Lipinski definition) is 4. The largest absolute Gasteiger partial charge is 0.380 e. The Bertz CT molecular complexity index is 466. The molecule has 0 aliphatic heterocycles. The van der Waals surface area contributed by atoms with Gasteiger partial charge in [-0.25, -0.2) is 10.1 Å². The number of nitrogens with two attached hydrogens (primary N) is 1. The molecular formula is C11H15N5O2. The predicted molar refractivity (Wildman–Crippen MR) is 69.7 cm³/mol. The standard InChI is InChI=1S/C11H15N5O2/c1-8(2)13-14-10(11(12)15-16(17)18)9-6-4-3-5-7-9/h3-7,10,14H,1-2H3,(H2,12,15). The Morgan fingerprint density at radius 2 is 2.00 bits per heavy atom. The van der Waals surface area contributed by atoms with Gasteiger partial charge >= 0.3 is 0 Å². The van der Waals surface area contributed by atoms with E-state index in [1.807, 2.05) is 18.2 Å². The predicted octanol–water partition coefficient (Wildman–Crippen LogP) is 1.26. The maximum absolute atomic E-state index is 10.4. The van der Waals surface area contributed by atoms with Crippen molar-refractivity contribution in [1.82, 2.24) is 5.43 Å². The normalized spacial score (nSPS) is 12.7. The molecular weight excluding hydrogens is 234 g/mol. The molecule has 0 spiro atoms. The van der Waals surface area contributed by atoms with Crippen LogP contribution in [0.4, 0.5) is 0 Å². The minimum absolute atomic E-state index is 0.142. The summed E-state index contributed by atoms with van der Waals surface area (Å²) in [6.45, 7) is 3.60. The summed E-state index contributed by atoms with van der Waals surface area (Å²) >= 11 is 0. The second-order valence-electron chi connectivity index (χ2n) is 3.79. The van der Waals surface area contributed by atoms with Crippen molar-refractivity contribution < 1.29 is 5.03 Å². The van der Waals surface area contributed by atoms with Crippen LogP contribution in [0.2, 0.25) is 0 Å². The molecule has 7 heteroatoms. The first kappa shape index (κ1) is 13.6. The van der Waals surface area contributed by atoms with Crippen molar-refractivity contribution >= 4 is 11.5 Å². The quantitative estimate of drug-likeness (QED) is 0.354. The molecule has 1 aromatic carbocycles. The molecule has 0 fully saturated rings. The second kappa shape index (κ2) is 6.33. The van der Waals surface area contributed by atoms with Crippen LogP contribution >= 0.6 is 0 Å². The zero-order valence-corrected chi connectivity index (χ0v) is 10.2. The maximum Gasteiger partial charge on any atom is 0.202 e. The third-order valence-corrected chi connectivity index (χ3v) is 2.04. The average Bonchev–Trinajstić information content (AvgIpc) is 2.29. The summed E-state index contributed by atoms with van der Waals surface area (Å²) in [6, 6.07) is 8.43. The molecule has 0 heterocycles. The van der Waals surface area contributed by atoms with E-state index in [0.29, 0.717) is 0 Å². The molecule has 7 nitrogen and oxygen atoms in total. The van der Waals surface area contributed by atoms with Gasteiger partial charge in [0.25, 0.3) is 0 Å². The molecule has 1 unspecified atom stereocenters. The van der Waals surface area contributed by atoms with Gasteiger partial charge in [0.2, 0.25) is 5.84 Å². The molecule has 0 saturated carbocycles. The Morgan fingerprint density at radius 1 is 1.39 bits per heavy atom. The summed E-state index contributed by atoms with van der Waals surface area (Å²) in [6.07, 6.45) is 0. The lowest BCUT2D eigenvalue weighted by Crippen LogP contribution is -2.32. The summed E-state index contributed by atoms with van der Waals surface area (Å²) in [7, 11) is 0. The highest BCUT2D eigenvalue weighted by molar-refractivity contribution is 5.87. The highest BCUT2D eigenvalue weighted by atomic mass is 16.7. The van der Waals surface area contributed by atoms with E-state index in [0.717, 1.165) is 11.3 Å². The highest BCUT2D eigenvalue weighted by Crippen LogP contribution is 2.12. The number of nitro groups is 1. The molecule has 1 rings (SSSR count). The Labute approximate surface area is 105 Å². The number of amidine groups is 1. The Morgan fingerprint density at radius 3 is 2.50 bits per heavy atom. The van der Waals surface area contributed by atoms with Crippen molar-refractivity contribution in [2.24, 2.45) is 15.9 Å². The molecule has 0 bridgehead atoms. The Balaban J connectivity index is 3.03. The minimum Gasteiger partial charge on any atom is -0.380 e. The van der Waals surface area contributed by atoms with Gasteiger partial charge in [-0.1, -0.05) is 30.3 Å². The van der Waals surface area contributed by atoms with Crippen LogP contribution in [0.3, 0.4) is 0 Å². The van der Waals surface area contributed by atoms with Gasteiger partial charge < -0.3 is 5.73 Å². The van der Waals surface area contributed by atoms with Gasteiger partial charge in [0.1, 0.15) is 6.04 Å². The Hall–Kier alpha value is -2.44. The summed E-state index contributed by atoms with van der Waals surface area (Å²) in [5, 5.41) is 16.7. The van der Waals surface area contributed by atoms with Gasteiger partial charge in [0.15, 0.2) is 5.03 Å². The fourth-order valence-electron chi connectivity index (χ4n) is 1.30. The molecule has 96 valence electrons. The van der Waals surface area contributed by atoms with Crippen LogP contribution < -0.4 is 11.2 Å². The van der Waals surface area contributed by atoms with Crippen LogP contribution in [0.1, 0.15) is 25.5 Å². The van der Waals surface area contributed by atoms with Gasteiger partial charge in [-0.15, -0.1) is 0 Å². The second-order valence-corrected chi connectivity index (χ2v) is 3.79. The lowest BCUT2D eigenvalue weighted by atomic mass is 10.1. The molecule has 0 saturated heterocycles. The van der Waals surface area contributed by atoms with E-state index in [1.165, 1.54) is 0 Å². The first-order valence-corrected chi connectivity index (χ1v) is 5.30. The van der Waals surface area contributed by atoms with E-state index in [1.54, 1.807) is 26.0 Å². The monoisotopic (exact) mass is 249 g/mol. The number of rotatable bonds is 5. The van der Waals surface area contributed by atoms with Crippen LogP contribution in [0, 0.1) is 10.1 Å². The third kappa shape index (κ3) is 4.20. The maximum atomic E-state index is 10.4. The number of hydrazone groups is 2. The fraction of sp³-hybridized carbons (Fsp3) is 0.273. The van der Waals surface area contributed by atoms with Crippen molar-refractivity contribution in [2.45, 2.75) is 19.9 Å². The van der Waals surface area contributed by atoms with E-state index in [9.17, 15) is 10.1 Å². The molecule has 0 aromatic heterocycles. The lowest BCUT2D eigenvalue weighted by molar-refractivity contribution is -0.485. The van der Waals surface area contributed by atoms with Crippen molar-refractivity contribution in [3.63, 3.8) is 0 Å². The van der Waals surface area contributed by atoms with Crippen LogP contribution in [0.5, 0.6) is 0 Å². The van der Waals surface area contributed by atoms with Crippen LogP contribution in [-0.4, -0.2) is 16.6 Å². The van der Waals surface area contributed by atoms with Gasteiger partial charge in [-0.2, -0.15) is 5.10 Å². The van der Waals surface area contributed by atoms with Gasteiger partial charge in [0, 0.05) is 5.71 Å². The number of nitrogens with zero attached hydrogens (tertiary/aromatic N) is 3. The zero-order valence-electron chi connectivity index (χ0n) is 10.2. The average molecular weight is 249 g/mol. The number of hydrogen-bond donors (Lipinski definition) is 2. The topological polar surface area (TPSA) is 106 Å². The fourth-order valence-corrected chi connectivity index (χ4v) is 1.30. The van der Waals surface area contributed by atoms with Gasteiger partial charge in [0.05, 0.1) is 5.10 Å². The van der Waals surface area contributed by atoms with Gasteiger partial charge in [-0.05, 0) is 19.4 Å². The van der Waals surface area contributed by atoms with E-state index in [2.05, 4.69) is 15.6 Å². The van der Waals surface area contributed by atoms with Crippen molar-refractivity contribution in [3.05, 3.63) is 46.0 Å². The lowest BCUT2D eigenvalue weighted by Gasteiger charge is -2.14. The molecule has 3 N–H and O–H groups in total. The summed E-state index contributed by atoms with van der Waals surface area (Å²) in [5.41, 5.74) is 9.92. The summed E-state index contributed by atoms with van der Waals surface area (Å²) in [4.78, 5) is 10.4. The van der Waals surface area contributed by atoms with E-state index >= 15 is 0 Å². The molecule has 18 heavy (non-hydrogen) atoms. The van der Waals surface area contributed by atoms with Crippen LogP contribution in [-0.2, 0) is 0 Å². The molecule has 1 aromatic rings. The number of benzene rings is 1. The first-order chi connectivity index (χ1) is 8.50. The molecule has 0 aliphatic carbocycles. The summed E-state index contributed by atoms with van der Waals surface area (Å²) in [5.74, 6) is -0.142. The third-order valence-electron chi connectivity index (χ3n) is 2.04. The highest BCUT2D eigenvalue weighted by Gasteiger charge is 2.18. The molecule has 0 radical (unpaired) electrons. The van der Waals surface area contributed by atoms with Crippen molar-refractivity contribution in [3.8, 4) is 0 Å². The molecule has 0 aliphatic rings. The van der Waals surface area contributed by atoms with E-state index in [-0.39, 0.29) is 5.84 Å². The first-order valence-electron chi connectivity index (χ1n) is 5.30. The van der Waals surface area contributed by atoms with Crippen molar-refractivity contribution in [2.75, 3.05) is 0 Å². The van der Waals surface area contributed by atoms with Crippen LogP contribution in [0.15, 0.2) is 40.5 Å². The van der Waals surface area contributed by atoms with Gasteiger partial charge in [-0.3, -0.25) is 5.43 Å². The van der Waals surface area contributed by atoms with E-state index < -0.39 is 11.1 Å².